The Labute approximate surface area is 159 Å². The molecule has 1 atom stereocenters. The molecule has 26 heavy (non-hydrogen) atoms. The summed E-state index contributed by atoms with van der Waals surface area (Å²) in [5.41, 5.74) is 2.95. The lowest BCUT2D eigenvalue weighted by Gasteiger charge is -2.08. The molecule has 1 aliphatic carbocycles. The first-order chi connectivity index (χ1) is 12.1. The monoisotopic (exact) mass is 376 g/mol. The van der Waals surface area contributed by atoms with Crippen LogP contribution in [-0.2, 0) is 6.42 Å². The number of likely N-dealkylation sites (N-methyl/N-ethyl adjacent to an activating group) is 1. The van der Waals surface area contributed by atoms with Gasteiger partial charge in [-0.1, -0.05) is 5.16 Å². The molecular weight excluding hydrogens is 352 g/mol. The highest BCUT2D eigenvalue weighted by molar-refractivity contribution is 5.90. The first-order valence-corrected chi connectivity index (χ1v) is 8.95. The van der Waals surface area contributed by atoms with Gasteiger partial charge >= 0.3 is 0 Å². The van der Waals surface area contributed by atoms with Crippen LogP contribution in [0.5, 0.6) is 0 Å². The number of rotatable bonds is 6. The Hall–Kier alpha value is -1.99. The van der Waals surface area contributed by atoms with Gasteiger partial charge in [0.2, 0.25) is 0 Å². The van der Waals surface area contributed by atoms with Crippen LogP contribution in [0.2, 0.25) is 0 Å². The minimum atomic E-state index is 0. The number of halogens is 1. The Morgan fingerprint density at radius 2 is 2.04 bits per heavy atom. The van der Waals surface area contributed by atoms with E-state index in [0.29, 0.717) is 23.7 Å². The Bertz CT molecular complexity index is 898. The molecule has 0 aliphatic heterocycles. The maximum Gasteiger partial charge on any atom is 0.258 e. The summed E-state index contributed by atoms with van der Waals surface area (Å²) in [4.78, 5) is 9.48. The van der Waals surface area contributed by atoms with Crippen molar-refractivity contribution in [3.8, 4) is 11.5 Å². The third kappa shape index (κ3) is 3.46. The van der Waals surface area contributed by atoms with Crippen LogP contribution in [-0.4, -0.2) is 38.0 Å². The second-order valence-electron chi connectivity index (χ2n) is 7.20. The molecule has 0 radical (unpaired) electrons. The zero-order chi connectivity index (χ0) is 17.6. The van der Waals surface area contributed by atoms with E-state index >= 15 is 0 Å². The fourth-order valence-corrected chi connectivity index (χ4v) is 3.00. The molecule has 3 aromatic heterocycles. The van der Waals surface area contributed by atoms with Crippen molar-refractivity contribution in [1.82, 2.24) is 30.2 Å². The van der Waals surface area contributed by atoms with Crippen molar-refractivity contribution in [3.05, 3.63) is 23.8 Å². The summed E-state index contributed by atoms with van der Waals surface area (Å²) in [7, 11) is 1.93. The number of nitrogens with zero attached hydrogens (tertiary/aromatic N) is 5. The number of pyridine rings is 1. The van der Waals surface area contributed by atoms with Crippen molar-refractivity contribution in [3.63, 3.8) is 0 Å². The molecule has 1 N–H and O–H groups in total. The van der Waals surface area contributed by atoms with Gasteiger partial charge in [-0.3, -0.25) is 0 Å². The van der Waals surface area contributed by atoms with Crippen molar-refractivity contribution in [2.75, 3.05) is 7.05 Å². The molecule has 4 rings (SSSR count). The molecule has 0 amide bonds. The Balaban J connectivity index is 0.00000196. The summed E-state index contributed by atoms with van der Waals surface area (Å²) in [6.45, 7) is 6.32. The summed E-state index contributed by atoms with van der Waals surface area (Å²) in [6, 6.07) is 2.65. The van der Waals surface area contributed by atoms with E-state index in [1.807, 2.05) is 17.9 Å². The summed E-state index contributed by atoms with van der Waals surface area (Å²) >= 11 is 0. The maximum absolute atomic E-state index is 5.58. The van der Waals surface area contributed by atoms with Crippen LogP contribution >= 0.6 is 12.4 Å². The second kappa shape index (κ2) is 7.32. The van der Waals surface area contributed by atoms with E-state index < -0.39 is 0 Å². The van der Waals surface area contributed by atoms with Gasteiger partial charge in [0.25, 0.3) is 5.89 Å². The van der Waals surface area contributed by atoms with Crippen LogP contribution in [0.4, 0.5) is 0 Å². The molecule has 0 bridgehead atoms. The van der Waals surface area contributed by atoms with Gasteiger partial charge in [0.1, 0.15) is 0 Å². The van der Waals surface area contributed by atoms with Gasteiger partial charge in [-0.2, -0.15) is 10.1 Å². The van der Waals surface area contributed by atoms with E-state index in [9.17, 15) is 0 Å². The van der Waals surface area contributed by atoms with Crippen molar-refractivity contribution < 1.29 is 4.52 Å². The topological polar surface area (TPSA) is 81.7 Å². The third-order valence-corrected chi connectivity index (χ3v) is 4.75. The van der Waals surface area contributed by atoms with Gasteiger partial charge in [-0.25, -0.2) is 9.67 Å². The summed E-state index contributed by atoms with van der Waals surface area (Å²) in [5.74, 6) is 1.81. The van der Waals surface area contributed by atoms with Crippen LogP contribution in [0.25, 0.3) is 22.5 Å². The van der Waals surface area contributed by atoms with Crippen molar-refractivity contribution in [2.45, 2.75) is 58.0 Å². The highest BCUT2D eigenvalue weighted by Gasteiger charge is 2.28. The lowest BCUT2D eigenvalue weighted by molar-refractivity contribution is 0.418. The minimum absolute atomic E-state index is 0. The van der Waals surface area contributed by atoms with Crippen molar-refractivity contribution in [1.29, 1.82) is 0 Å². The SMILES string of the molecule is CNC(C)Cc1noc(-c2cc(C3CC3)nc3c2cnn3C(C)C)n1.Cl. The van der Waals surface area contributed by atoms with Crippen LogP contribution in [0.3, 0.4) is 0 Å². The average molecular weight is 377 g/mol. The predicted molar refractivity (Wildman–Crippen MR) is 103 cm³/mol. The molecule has 1 fully saturated rings. The van der Waals surface area contributed by atoms with Gasteiger partial charge in [0, 0.05) is 30.1 Å². The zero-order valence-electron chi connectivity index (χ0n) is 15.6. The van der Waals surface area contributed by atoms with Gasteiger partial charge in [-0.05, 0) is 46.7 Å². The predicted octanol–water partition coefficient (Wildman–Crippen LogP) is 3.51. The Kier molecular flexibility index (Phi) is 5.29. The largest absolute Gasteiger partial charge is 0.334 e. The summed E-state index contributed by atoms with van der Waals surface area (Å²) < 4.78 is 7.54. The van der Waals surface area contributed by atoms with Gasteiger partial charge < -0.3 is 9.84 Å². The molecule has 3 heterocycles. The lowest BCUT2D eigenvalue weighted by Crippen LogP contribution is -2.24. The molecule has 8 heteroatoms. The number of fused-ring (bicyclic) bond motifs is 1. The lowest BCUT2D eigenvalue weighted by atomic mass is 10.1. The molecule has 1 aliphatic rings. The molecule has 0 aromatic carbocycles. The smallest absolute Gasteiger partial charge is 0.258 e. The van der Waals surface area contributed by atoms with E-state index in [2.05, 4.69) is 47.4 Å². The molecular formula is C18H25ClN6O. The fourth-order valence-electron chi connectivity index (χ4n) is 3.00. The van der Waals surface area contributed by atoms with E-state index in [-0.39, 0.29) is 18.4 Å². The van der Waals surface area contributed by atoms with Gasteiger partial charge in [-0.15, -0.1) is 12.4 Å². The molecule has 7 nitrogen and oxygen atoms in total. The number of aromatic nitrogens is 5. The first-order valence-electron chi connectivity index (χ1n) is 8.95. The number of hydrogen-bond acceptors (Lipinski definition) is 6. The molecule has 3 aromatic rings. The maximum atomic E-state index is 5.58. The summed E-state index contributed by atoms with van der Waals surface area (Å²) in [6.07, 6.45) is 4.98. The Morgan fingerprint density at radius 1 is 1.27 bits per heavy atom. The molecule has 140 valence electrons. The number of nitrogens with one attached hydrogen (secondary N) is 1. The van der Waals surface area contributed by atoms with E-state index in [4.69, 9.17) is 9.51 Å². The van der Waals surface area contributed by atoms with E-state index in [1.165, 1.54) is 12.8 Å². The highest BCUT2D eigenvalue weighted by Crippen LogP contribution is 2.41. The van der Waals surface area contributed by atoms with Crippen LogP contribution < -0.4 is 5.32 Å². The second-order valence-corrected chi connectivity index (χ2v) is 7.20. The minimum Gasteiger partial charge on any atom is -0.334 e. The van der Waals surface area contributed by atoms with E-state index in [1.54, 1.807) is 0 Å². The number of hydrogen-bond donors (Lipinski definition) is 1. The molecule has 1 unspecified atom stereocenters. The first kappa shape index (κ1) is 18.8. The highest BCUT2D eigenvalue weighted by atomic mass is 35.5. The van der Waals surface area contributed by atoms with Crippen LogP contribution in [0, 0.1) is 0 Å². The van der Waals surface area contributed by atoms with Crippen molar-refractivity contribution in [2.24, 2.45) is 0 Å². The summed E-state index contributed by atoms with van der Waals surface area (Å²) in [5, 5.41) is 12.8. The fraction of sp³-hybridized carbons (Fsp3) is 0.556. The molecule has 0 spiro atoms. The normalized spacial score (nSPS) is 15.4. The molecule has 1 saturated carbocycles. The van der Waals surface area contributed by atoms with Gasteiger partial charge in [0.05, 0.1) is 17.1 Å². The quantitative estimate of drug-likeness (QED) is 0.708. The van der Waals surface area contributed by atoms with E-state index in [0.717, 1.165) is 28.7 Å². The van der Waals surface area contributed by atoms with Gasteiger partial charge in [0.15, 0.2) is 11.5 Å². The third-order valence-electron chi connectivity index (χ3n) is 4.75. The van der Waals surface area contributed by atoms with Crippen molar-refractivity contribution >= 4 is 23.4 Å². The van der Waals surface area contributed by atoms with Crippen LogP contribution in [0.15, 0.2) is 16.8 Å². The molecule has 0 saturated heterocycles. The zero-order valence-corrected chi connectivity index (χ0v) is 16.4. The van der Waals surface area contributed by atoms with Crippen LogP contribution in [0.1, 0.15) is 57.1 Å². The standard InChI is InChI=1S/C18H24N6O.ClH/c1-10(2)24-17-14(9-20-24)13(8-15(21-17)12-5-6-12)18-22-16(23-25-18)7-11(3)19-4;/h8-12,19H,5-7H2,1-4H3;1H. The Morgan fingerprint density at radius 3 is 2.69 bits per heavy atom. The average Bonchev–Trinajstić information content (AvgIpc) is 3.19.